The number of aliphatic hydroxyl groups excluding tert-OH is 1. The summed E-state index contributed by atoms with van der Waals surface area (Å²) in [5.41, 5.74) is 4.00. The maximum atomic E-state index is 13.7. The number of fused-ring (bicyclic) bond motifs is 1. The molecule has 2 aromatic heterocycles. The lowest BCUT2D eigenvalue weighted by atomic mass is 9.82. The number of methoxy groups -OCH3 is 2. The van der Waals surface area contributed by atoms with E-state index in [1.54, 1.807) is 16.8 Å². The summed E-state index contributed by atoms with van der Waals surface area (Å²) in [6, 6.07) is 8.87. The lowest BCUT2D eigenvalue weighted by Gasteiger charge is -2.38. The van der Waals surface area contributed by atoms with Crippen LogP contribution in [0.3, 0.4) is 0 Å². The third-order valence-corrected chi connectivity index (χ3v) is 8.53. The van der Waals surface area contributed by atoms with E-state index < -0.39 is 6.29 Å². The van der Waals surface area contributed by atoms with Crippen LogP contribution in [0.2, 0.25) is 0 Å². The number of halogens is 1. The highest BCUT2D eigenvalue weighted by Crippen LogP contribution is 2.43. The molecule has 8 nitrogen and oxygen atoms in total. The SMILES string of the molecule is COC1CCN(C2CCN(c3cc(C(O)OC)nc4c3c(C3CCC3)nn4-c3ccc(F)cc3)CC2)C1. The average Bonchev–Trinajstić information content (AvgIpc) is 3.53. The van der Waals surface area contributed by atoms with E-state index in [9.17, 15) is 9.50 Å². The van der Waals surface area contributed by atoms with Crippen LogP contribution in [0.1, 0.15) is 62.1 Å². The number of pyridine rings is 1. The number of likely N-dealkylation sites (tertiary alicyclic amines) is 1. The summed E-state index contributed by atoms with van der Waals surface area (Å²) < 4.78 is 26.4. The second-order valence-electron chi connectivity index (χ2n) is 10.6. The smallest absolute Gasteiger partial charge is 0.198 e. The molecule has 6 rings (SSSR count). The molecule has 3 fully saturated rings. The van der Waals surface area contributed by atoms with Crippen molar-refractivity contribution in [3.8, 4) is 5.69 Å². The van der Waals surface area contributed by atoms with Crippen LogP contribution in [-0.2, 0) is 9.47 Å². The summed E-state index contributed by atoms with van der Waals surface area (Å²) in [5.74, 6) is 0.0947. The lowest BCUT2D eigenvalue weighted by Crippen LogP contribution is -2.44. The number of piperidine rings is 1. The number of hydrogen-bond acceptors (Lipinski definition) is 7. The first-order chi connectivity index (χ1) is 18.1. The average molecular weight is 510 g/mol. The van der Waals surface area contributed by atoms with Crippen LogP contribution in [-0.4, -0.2) is 77.3 Å². The summed E-state index contributed by atoms with van der Waals surface area (Å²) in [7, 11) is 3.28. The monoisotopic (exact) mass is 509 g/mol. The van der Waals surface area contributed by atoms with Gasteiger partial charge in [-0.15, -0.1) is 0 Å². The topological polar surface area (TPSA) is 75.9 Å². The number of benzene rings is 1. The molecule has 0 radical (unpaired) electrons. The Kier molecular flexibility index (Phi) is 6.88. The Morgan fingerprint density at radius 2 is 1.78 bits per heavy atom. The van der Waals surface area contributed by atoms with E-state index in [2.05, 4.69) is 9.80 Å². The number of hydrogen-bond donors (Lipinski definition) is 1. The Morgan fingerprint density at radius 1 is 1.03 bits per heavy atom. The number of ether oxygens (including phenoxy) is 2. The fourth-order valence-corrected chi connectivity index (χ4v) is 6.12. The van der Waals surface area contributed by atoms with Crippen molar-refractivity contribution in [2.45, 2.75) is 62.9 Å². The maximum absolute atomic E-state index is 13.7. The van der Waals surface area contributed by atoms with E-state index >= 15 is 0 Å². The van der Waals surface area contributed by atoms with Crippen molar-refractivity contribution in [2.75, 3.05) is 45.3 Å². The molecular formula is C28H36FN5O3. The maximum Gasteiger partial charge on any atom is 0.198 e. The minimum atomic E-state index is -1.14. The molecule has 0 spiro atoms. The van der Waals surface area contributed by atoms with E-state index in [0.717, 1.165) is 80.7 Å². The standard InChI is InChI=1S/C28H36FN5O3/c1-36-22-12-15-33(17-22)20-10-13-32(14-11-20)24-16-23(28(35)37-2)30-27-25(24)26(18-4-3-5-18)31-34(27)21-8-6-19(29)7-9-21/h6-9,16,18,20,22,28,35H,3-5,10-15,17H2,1-2H3. The highest BCUT2D eigenvalue weighted by molar-refractivity contribution is 5.94. The van der Waals surface area contributed by atoms with Gasteiger partial charge in [-0.2, -0.15) is 5.10 Å². The molecule has 1 N–H and O–H groups in total. The molecule has 1 saturated carbocycles. The Bertz CT molecular complexity index is 1240. The Balaban J connectivity index is 1.40. The highest BCUT2D eigenvalue weighted by Gasteiger charge is 2.34. The number of anilines is 1. The van der Waals surface area contributed by atoms with Crippen LogP contribution in [0.15, 0.2) is 30.3 Å². The van der Waals surface area contributed by atoms with Crippen LogP contribution >= 0.6 is 0 Å². The van der Waals surface area contributed by atoms with Gasteiger partial charge in [0, 0.05) is 52.4 Å². The molecule has 0 amide bonds. The molecular weight excluding hydrogens is 473 g/mol. The molecule has 2 atom stereocenters. The predicted octanol–water partition coefficient (Wildman–Crippen LogP) is 4.15. The zero-order valence-electron chi connectivity index (χ0n) is 21.6. The molecule has 198 valence electrons. The Hall–Kier alpha value is -2.59. The first-order valence-electron chi connectivity index (χ1n) is 13.5. The van der Waals surface area contributed by atoms with Crippen molar-refractivity contribution in [1.82, 2.24) is 19.7 Å². The first kappa shape index (κ1) is 24.7. The first-order valence-corrected chi connectivity index (χ1v) is 13.5. The van der Waals surface area contributed by atoms with Crippen molar-refractivity contribution < 1.29 is 19.0 Å². The van der Waals surface area contributed by atoms with Crippen molar-refractivity contribution in [3.05, 3.63) is 47.5 Å². The molecule has 9 heteroatoms. The summed E-state index contributed by atoms with van der Waals surface area (Å²) in [6.45, 7) is 3.96. The van der Waals surface area contributed by atoms with Crippen LogP contribution in [0, 0.1) is 5.82 Å². The largest absolute Gasteiger partial charge is 0.380 e. The minimum absolute atomic E-state index is 0.290. The van der Waals surface area contributed by atoms with E-state index in [-0.39, 0.29) is 5.82 Å². The van der Waals surface area contributed by atoms with Gasteiger partial charge in [0.2, 0.25) is 0 Å². The normalized spacial score (nSPS) is 22.6. The van der Waals surface area contributed by atoms with Crippen molar-refractivity contribution in [1.29, 1.82) is 0 Å². The van der Waals surface area contributed by atoms with Gasteiger partial charge < -0.3 is 19.5 Å². The van der Waals surface area contributed by atoms with Gasteiger partial charge in [-0.25, -0.2) is 14.1 Å². The molecule has 1 aromatic carbocycles. The van der Waals surface area contributed by atoms with Gasteiger partial charge >= 0.3 is 0 Å². The molecule has 0 bridgehead atoms. The summed E-state index contributed by atoms with van der Waals surface area (Å²) >= 11 is 0. The van der Waals surface area contributed by atoms with Gasteiger partial charge in [-0.05, 0) is 62.4 Å². The Morgan fingerprint density at radius 3 is 2.41 bits per heavy atom. The van der Waals surface area contributed by atoms with Gasteiger partial charge in [0.15, 0.2) is 11.9 Å². The molecule has 2 aliphatic heterocycles. The molecule has 4 heterocycles. The second-order valence-corrected chi connectivity index (χ2v) is 10.6. The molecule has 2 saturated heterocycles. The summed E-state index contributed by atoms with van der Waals surface area (Å²) in [5, 5.41) is 16.7. The number of nitrogens with zero attached hydrogens (tertiary/aromatic N) is 5. The molecule has 37 heavy (non-hydrogen) atoms. The van der Waals surface area contributed by atoms with Crippen molar-refractivity contribution in [2.24, 2.45) is 0 Å². The van der Waals surface area contributed by atoms with Gasteiger partial charge in [0.1, 0.15) is 11.5 Å². The molecule has 3 aliphatic rings. The Labute approximate surface area is 217 Å². The van der Waals surface area contributed by atoms with Gasteiger partial charge in [-0.3, -0.25) is 4.90 Å². The molecule has 3 aromatic rings. The predicted molar refractivity (Wildman–Crippen MR) is 140 cm³/mol. The van der Waals surface area contributed by atoms with E-state index in [0.29, 0.717) is 29.4 Å². The van der Waals surface area contributed by atoms with Crippen molar-refractivity contribution in [3.63, 3.8) is 0 Å². The van der Waals surface area contributed by atoms with Gasteiger partial charge in [0.25, 0.3) is 0 Å². The van der Waals surface area contributed by atoms with E-state index in [1.165, 1.54) is 25.7 Å². The lowest BCUT2D eigenvalue weighted by molar-refractivity contribution is -0.0796. The number of aromatic nitrogens is 3. The quantitative estimate of drug-likeness (QED) is 0.480. The fraction of sp³-hybridized carbons (Fsp3) is 0.571. The second kappa shape index (κ2) is 10.3. The number of rotatable bonds is 7. The van der Waals surface area contributed by atoms with Crippen molar-refractivity contribution >= 4 is 16.7 Å². The summed E-state index contributed by atoms with van der Waals surface area (Å²) in [6.07, 6.45) is 5.87. The van der Waals surface area contributed by atoms with Crippen LogP contribution in [0.25, 0.3) is 16.7 Å². The zero-order chi connectivity index (χ0) is 25.5. The molecule has 1 aliphatic carbocycles. The number of aliphatic hydroxyl groups is 1. The third kappa shape index (κ3) is 4.63. The van der Waals surface area contributed by atoms with Crippen LogP contribution in [0.5, 0.6) is 0 Å². The third-order valence-electron chi connectivity index (χ3n) is 8.53. The summed E-state index contributed by atoms with van der Waals surface area (Å²) in [4.78, 5) is 9.85. The van der Waals surface area contributed by atoms with Gasteiger partial charge in [-0.1, -0.05) is 6.42 Å². The van der Waals surface area contributed by atoms with E-state index in [4.69, 9.17) is 19.6 Å². The minimum Gasteiger partial charge on any atom is -0.380 e. The zero-order valence-corrected chi connectivity index (χ0v) is 21.6. The molecule has 2 unspecified atom stereocenters. The van der Waals surface area contributed by atoms with Crippen LogP contribution in [0.4, 0.5) is 10.1 Å². The van der Waals surface area contributed by atoms with E-state index in [1.807, 2.05) is 13.2 Å². The van der Waals surface area contributed by atoms with Gasteiger partial charge in [0.05, 0.1) is 28.6 Å². The van der Waals surface area contributed by atoms with Crippen LogP contribution < -0.4 is 4.90 Å². The highest BCUT2D eigenvalue weighted by atomic mass is 19.1. The fourth-order valence-electron chi connectivity index (χ4n) is 6.12.